The lowest BCUT2D eigenvalue weighted by molar-refractivity contribution is -0.158. The molecule has 0 aromatic rings. The van der Waals surface area contributed by atoms with E-state index in [1.165, 1.54) is 6.92 Å². The number of aliphatic hydroxyl groups excluding tert-OH is 1. The van der Waals surface area contributed by atoms with Crippen molar-refractivity contribution in [3.8, 4) is 0 Å². The zero-order valence-electron chi connectivity index (χ0n) is 25.3. The highest BCUT2D eigenvalue weighted by molar-refractivity contribution is 5.96. The van der Waals surface area contributed by atoms with Crippen molar-refractivity contribution in [3.63, 3.8) is 0 Å². The van der Waals surface area contributed by atoms with Gasteiger partial charge in [-0.3, -0.25) is 14.4 Å². The van der Waals surface area contributed by atoms with Gasteiger partial charge in [-0.05, 0) is 50.2 Å². The quantitative estimate of drug-likeness (QED) is 0.176. The molecule has 2 saturated carbocycles. The number of ether oxygens (including phenoxy) is 4. The summed E-state index contributed by atoms with van der Waals surface area (Å²) < 4.78 is 24.0. The lowest BCUT2D eigenvalue weighted by Gasteiger charge is -2.28. The van der Waals surface area contributed by atoms with E-state index in [1.54, 1.807) is 53.7 Å². The van der Waals surface area contributed by atoms with Crippen LogP contribution in [0.5, 0.6) is 0 Å². The van der Waals surface area contributed by atoms with E-state index in [0.717, 1.165) is 0 Å². The Labute approximate surface area is 236 Å². The first-order chi connectivity index (χ1) is 18.5. The second-order valence-corrected chi connectivity index (χ2v) is 13.2. The number of fused-ring (bicyclic) bond motifs is 1. The Morgan fingerprint density at radius 2 is 1.68 bits per heavy atom. The van der Waals surface area contributed by atoms with E-state index in [-0.39, 0.29) is 23.5 Å². The fraction of sp³-hybridized carbons (Fsp3) is 0.742. The van der Waals surface area contributed by atoms with Crippen molar-refractivity contribution in [2.45, 2.75) is 111 Å². The number of carbonyl (C=O) groups is 4. The molecule has 0 aromatic heterocycles. The van der Waals surface area contributed by atoms with Crippen LogP contribution in [-0.4, -0.2) is 64.4 Å². The standard InChI is InChI=1S/C31H44O9/c1-11-15(4)28(36)38-24-21-20(29(21,9)10)23(37-19(8)32)18(7)25(34)30-13-17(6)26(39-27(35)14(2)3)31(30,40-30)12-16(5)22(24)33/h11-12,14,17-18,20-24,26,33H,13H2,1-10H3. The lowest BCUT2D eigenvalue weighted by atomic mass is 9.80. The highest BCUT2D eigenvalue weighted by Gasteiger charge is 2.84. The summed E-state index contributed by atoms with van der Waals surface area (Å²) >= 11 is 0. The number of rotatable bonds is 5. The van der Waals surface area contributed by atoms with Gasteiger partial charge >= 0.3 is 17.9 Å². The number of epoxide rings is 1. The Hall–Kier alpha value is -2.52. The molecule has 10 unspecified atom stereocenters. The molecule has 1 aliphatic heterocycles. The van der Waals surface area contributed by atoms with Crippen LogP contribution in [0, 0.1) is 35.0 Å². The van der Waals surface area contributed by atoms with Gasteiger partial charge < -0.3 is 24.1 Å². The minimum Gasteiger partial charge on any atom is -0.461 e. The number of aliphatic hydroxyl groups is 1. The third kappa shape index (κ3) is 4.53. The Morgan fingerprint density at radius 3 is 2.23 bits per heavy atom. The summed E-state index contributed by atoms with van der Waals surface area (Å²) in [6.45, 7) is 17.4. The van der Waals surface area contributed by atoms with Gasteiger partial charge in [-0.25, -0.2) is 4.79 Å². The normalized spacial score (nSPS) is 42.0. The Morgan fingerprint density at radius 1 is 1.07 bits per heavy atom. The van der Waals surface area contributed by atoms with Crippen LogP contribution in [0.25, 0.3) is 0 Å². The fourth-order valence-electron chi connectivity index (χ4n) is 7.29. The number of carbonyl (C=O) groups excluding carboxylic acids is 4. The van der Waals surface area contributed by atoms with Gasteiger partial charge in [0.1, 0.15) is 24.4 Å². The van der Waals surface area contributed by atoms with Crippen molar-refractivity contribution in [2.75, 3.05) is 0 Å². The van der Waals surface area contributed by atoms with Crippen LogP contribution in [-0.2, 0) is 38.1 Å². The summed E-state index contributed by atoms with van der Waals surface area (Å²) in [5.41, 5.74) is -2.25. The van der Waals surface area contributed by atoms with E-state index in [9.17, 15) is 24.3 Å². The van der Waals surface area contributed by atoms with Gasteiger partial charge in [-0.1, -0.05) is 47.6 Å². The van der Waals surface area contributed by atoms with Crippen LogP contribution < -0.4 is 0 Å². The summed E-state index contributed by atoms with van der Waals surface area (Å²) in [6, 6.07) is 0. The van der Waals surface area contributed by atoms with Crippen molar-refractivity contribution in [2.24, 2.45) is 35.0 Å². The Kier molecular flexibility index (Phi) is 7.67. The molecule has 3 fully saturated rings. The molecule has 222 valence electrons. The molecular formula is C31H44O9. The van der Waals surface area contributed by atoms with Crippen LogP contribution in [0.4, 0.5) is 0 Å². The second kappa shape index (κ2) is 10.1. The average Bonchev–Trinajstić information content (AvgIpc) is 3.66. The smallest absolute Gasteiger partial charge is 0.333 e. The first-order valence-corrected chi connectivity index (χ1v) is 14.3. The van der Waals surface area contributed by atoms with E-state index < -0.39 is 70.8 Å². The molecule has 9 heteroatoms. The maximum atomic E-state index is 14.3. The van der Waals surface area contributed by atoms with E-state index in [2.05, 4.69) is 0 Å². The highest BCUT2D eigenvalue weighted by Crippen LogP contribution is 2.68. The number of Topliss-reactive ketones (excluding diaryl/α,β-unsaturated/α-hetero) is 1. The molecule has 10 atom stereocenters. The molecule has 0 amide bonds. The first kappa shape index (κ1) is 30.4. The van der Waals surface area contributed by atoms with Crippen LogP contribution in [0.2, 0.25) is 0 Å². The van der Waals surface area contributed by atoms with Crippen molar-refractivity contribution in [1.82, 2.24) is 0 Å². The highest BCUT2D eigenvalue weighted by atomic mass is 16.7. The van der Waals surface area contributed by atoms with Crippen LogP contribution >= 0.6 is 0 Å². The molecule has 4 aliphatic rings. The third-order valence-corrected chi connectivity index (χ3v) is 9.72. The molecule has 0 aromatic carbocycles. The van der Waals surface area contributed by atoms with Crippen LogP contribution in [0.15, 0.2) is 23.3 Å². The number of ketones is 1. The molecular weight excluding hydrogens is 516 g/mol. The first-order valence-electron chi connectivity index (χ1n) is 14.3. The molecule has 3 aliphatic carbocycles. The molecule has 1 N–H and O–H groups in total. The maximum Gasteiger partial charge on any atom is 0.333 e. The molecule has 1 heterocycles. The zero-order valence-corrected chi connectivity index (χ0v) is 25.3. The van der Waals surface area contributed by atoms with Gasteiger partial charge in [-0.2, -0.15) is 0 Å². The van der Waals surface area contributed by atoms with Gasteiger partial charge in [0.2, 0.25) is 0 Å². The fourth-order valence-corrected chi connectivity index (χ4v) is 7.29. The predicted octanol–water partition coefficient (Wildman–Crippen LogP) is 3.71. The maximum absolute atomic E-state index is 14.3. The summed E-state index contributed by atoms with van der Waals surface area (Å²) in [7, 11) is 0. The largest absolute Gasteiger partial charge is 0.461 e. The van der Waals surface area contributed by atoms with E-state index in [1.807, 2.05) is 20.8 Å². The van der Waals surface area contributed by atoms with Gasteiger partial charge in [0, 0.05) is 24.3 Å². The molecule has 4 rings (SSSR count). The van der Waals surface area contributed by atoms with Crippen molar-refractivity contribution < 1.29 is 43.2 Å². The number of hydrogen-bond acceptors (Lipinski definition) is 9. The molecule has 0 radical (unpaired) electrons. The van der Waals surface area contributed by atoms with Crippen molar-refractivity contribution >= 4 is 23.7 Å². The Bertz CT molecular complexity index is 1170. The van der Waals surface area contributed by atoms with Crippen LogP contribution in [0.3, 0.4) is 0 Å². The topological polar surface area (TPSA) is 129 Å². The van der Waals surface area contributed by atoms with Gasteiger partial charge in [-0.15, -0.1) is 0 Å². The average molecular weight is 561 g/mol. The predicted molar refractivity (Wildman–Crippen MR) is 145 cm³/mol. The minimum absolute atomic E-state index is 0.208. The monoisotopic (exact) mass is 560 g/mol. The molecule has 0 bridgehead atoms. The van der Waals surface area contributed by atoms with Gasteiger partial charge in [0.05, 0.1) is 11.8 Å². The minimum atomic E-state index is -1.29. The van der Waals surface area contributed by atoms with Gasteiger partial charge in [0.25, 0.3) is 0 Å². The molecule has 9 nitrogen and oxygen atoms in total. The number of esters is 3. The third-order valence-electron chi connectivity index (χ3n) is 9.72. The summed E-state index contributed by atoms with van der Waals surface area (Å²) in [4.78, 5) is 52.3. The number of allylic oxidation sites excluding steroid dienone is 1. The lowest BCUT2D eigenvalue weighted by Crippen LogP contribution is -2.43. The van der Waals surface area contributed by atoms with Crippen molar-refractivity contribution in [1.29, 1.82) is 0 Å². The molecule has 1 saturated heterocycles. The number of hydrogen-bond donors (Lipinski definition) is 1. The van der Waals surface area contributed by atoms with Crippen LogP contribution in [0.1, 0.15) is 75.7 Å². The second-order valence-electron chi connectivity index (χ2n) is 13.2. The van der Waals surface area contributed by atoms with Gasteiger partial charge in [0.15, 0.2) is 17.0 Å². The van der Waals surface area contributed by atoms with Crippen molar-refractivity contribution in [3.05, 3.63) is 23.3 Å². The van der Waals surface area contributed by atoms with E-state index >= 15 is 0 Å². The zero-order chi connectivity index (χ0) is 30.1. The molecule has 0 spiro atoms. The summed E-state index contributed by atoms with van der Waals surface area (Å²) in [5.74, 6) is -3.83. The SMILES string of the molecule is CC=C(C)C(=O)OC1C(O)C(C)=CC23OC2(CC(C)C3OC(=O)C(C)C)C(=O)C(C)C(OC(C)=O)C2C1C2(C)C. The Balaban J connectivity index is 1.87. The molecule has 40 heavy (non-hydrogen) atoms. The van der Waals surface area contributed by atoms with E-state index in [0.29, 0.717) is 17.6 Å². The summed E-state index contributed by atoms with van der Waals surface area (Å²) in [5, 5.41) is 11.7. The summed E-state index contributed by atoms with van der Waals surface area (Å²) in [6.07, 6.45) is -0.150. The van der Waals surface area contributed by atoms with E-state index in [4.69, 9.17) is 18.9 Å².